The van der Waals surface area contributed by atoms with Crippen molar-refractivity contribution in [3.63, 3.8) is 0 Å². The molecule has 0 aromatic carbocycles. The van der Waals surface area contributed by atoms with Crippen LogP contribution in [0.2, 0.25) is 0 Å². The van der Waals surface area contributed by atoms with E-state index in [1.54, 1.807) is 6.08 Å². The van der Waals surface area contributed by atoms with Crippen LogP contribution in [-0.2, 0) is 4.79 Å². The van der Waals surface area contributed by atoms with Gasteiger partial charge in [0.1, 0.15) is 6.04 Å². The van der Waals surface area contributed by atoms with E-state index >= 15 is 0 Å². The van der Waals surface area contributed by atoms with E-state index in [9.17, 15) is 4.79 Å². The molecule has 0 aliphatic heterocycles. The fourth-order valence-electron chi connectivity index (χ4n) is 0.814. The lowest BCUT2D eigenvalue weighted by Gasteiger charge is -2.04. The van der Waals surface area contributed by atoms with Crippen molar-refractivity contribution in [2.45, 2.75) is 18.9 Å². The molecular weight excluding hydrogens is 285 g/mol. The lowest BCUT2D eigenvalue weighted by atomic mass is 10.2. The minimum Gasteiger partial charge on any atom is -0.480 e. The zero-order valence-corrected chi connectivity index (χ0v) is 11.8. The Bertz CT molecular complexity index is 252. The van der Waals surface area contributed by atoms with Gasteiger partial charge in [-0.2, -0.15) is 0 Å². The van der Waals surface area contributed by atoms with Crippen molar-refractivity contribution in [1.82, 2.24) is 0 Å². The van der Waals surface area contributed by atoms with Gasteiger partial charge in [-0.15, -0.1) is 31.4 Å². The van der Waals surface area contributed by atoms with E-state index in [0.717, 1.165) is 5.75 Å². The van der Waals surface area contributed by atoms with Gasteiger partial charge < -0.3 is 16.6 Å². The van der Waals surface area contributed by atoms with Crippen molar-refractivity contribution >= 4 is 47.7 Å². The third-order valence-corrected chi connectivity index (χ3v) is 2.43. The molecule has 0 amide bonds. The highest BCUT2D eigenvalue weighted by atomic mass is 35.5. The molecule has 0 spiro atoms. The smallest absolute Gasteiger partial charge is 0.320 e. The maximum absolute atomic E-state index is 10.4. The number of nitrogens with zero attached hydrogens (tertiary/aromatic N) is 1. The van der Waals surface area contributed by atoms with Gasteiger partial charge in [0.2, 0.25) is 0 Å². The molecule has 0 aliphatic rings. The van der Waals surface area contributed by atoms with E-state index in [1.807, 2.05) is 0 Å². The molecule has 0 fully saturated rings. The highest BCUT2D eigenvalue weighted by Crippen LogP contribution is 2.01. The SMILES string of the molecule is C=CCSC(N)=NCCC[C@H](N)C(=O)O.Cl.Cl. The fraction of sp³-hybridized carbons (Fsp3) is 0.556. The Morgan fingerprint density at radius 1 is 1.53 bits per heavy atom. The molecule has 0 saturated carbocycles. The standard InChI is InChI=1S/C9H17N3O2S.2ClH/c1-2-6-15-9(11)12-5-3-4-7(10)8(13)14;;/h2,7H,1,3-6,10H2,(H2,11,12)(H,13,14);2*1H/t7-;;/m0../s1. The first-order chi connectivity index (χ1) is 7.07. The van der Waals surface area contributed by atoms with Crippen LogP contribution < -0.4 is 11.5 Å². The van der Waals surface area contributed by atoms with Gasteiger partial charge in [0.25, 0.3) is 0 Å². The number of aliphatic imine (C=N–C) groups is 1. The van der Waals surface area contributed by atoms with Crippen LogP contribution in [-0.4, -0.2) is 34.6 Å². The molecule has 1 atom stereocenters. The first-order valence-electron chi connectivity index (χ1n) is 4.60. The van der Waals surface area contributed by atoms with Gasteiger partial charge in [-0.05, 0) is 12.8 Å². The van der Waals surface area contributed by atoms with E-state index in [0.29, 0.717) is 24.6 Å². The Labute approximate surface area is 118 Å². The second-order valence-corrected chi connectivity index (χ2v) is 3.95. The Hall–Kier alpha value is -0.430. The van der Waals surface area contributed by atoms with Gasteiger partial charge in [-0.25, -0.2) is 0 Å². The predicted octanol–water partition coefficient (Wildman–Crippen LogP) is 1.26. The lowest BCUT2D eigenvalue weighted by Crippen LogP contribution is -2.30. The summed E-state index contributed by atoms with van der Waals surface area (Å²) in [5.74, 6) is -0.253. The third kappa shape index (κ3) is 13.5. The van der Waals surface area contributed by atoms with Gasteiger partial charge in [0, 0.05) is 12.3 Å². The molecule has 8 heteroatoms. The van der Waals surface area contributed by atoms with Gasteiger partial charge in [-0.3, -0.25) is 9.79 Å². The van der Waals surface area contributed by atoms with Crippen LogP contribution in [0.25, 0.3) is 0 Å². The molecule has 0 aromatic heterocycles. The van der Waals surface area contributed by atoms with Crippen LogP contribution in [0.15, 0.2) is 17.6 Å². The summed E-state index contributed by atoms with van der Waals surface area (Å²) in [6.45, 7) is 4.07. The molecule has 0 heterocycles. The Morgan fingerprint density at radius 2 is 2.12 bits per heavy atom. The Morgan fingerprint density at radius 3 is 2.59 bits per heavy atom. The number of carboxylic acid groups (broad SMARTS) is 1. The summed E-state index contributed by atoms with van der Waals surface area (Å²) in [4.78, 5) is 14.4. The van der Waals surface area contributed by atoms with Gasteiger partial charge in [-0.1, -0.05) is 17.8 Å². The van der Waals surface area contributed by atoms with Gasteiger partial charge >= 0.3 is 5.97 Å². The van der Waals surface area contributed by atoms with Gasteiger partial charge in [0.15, 0.2) is 5.17 Å². The number of hydrogen-bond donors (Lipinski definition) is 3. The summed E-state index contributed by atoms with van der Waals surface area (Å²) in [7, 11) is 0. The van der Waals surface area contributed by atoms with Crippen molar-refractivity contribution in [3.05, 3.63) is 12.7 Å². The van der Waals surface area contributed by atoms with Crippen LogP contribution in [0.5, 0.6) is 0 Å². The van der Waals surface area contributed by atoms with Crippen molar-refractivity contribution < 1.29 is 9.90 Å². The first kappa shape index (κ1) is 21.8. The fourth-order valence-corrected chi connectivity index (χ4v) is 1.29. The molecule has 0 aliphatic carbocycles. The molecule has 17 heavy (non-hydrogen) atoms. The van der Waals surface area contributed by atoms with Crippen LogP contribution in [0, 0.1) is 0 Å². The molecule has 0 radical (unpaired) electrons. The average molecular weight is 304 g/mol. The normalized spacial score (nSPS) is 11.9. The number of carboxylic acids is 1. The van der Waals surface area contributed by atoms with E-state index in [2.05, 4.69) is 11.6 Å². The summed E-state index contributed by atoms with van der Waals surface area (Å²) >= 11 is 1.40. The second kappa shape index (κ2) is 13.6. The maximum Gasteiger partial charge on any atom is 0.320 e. The topological polar surface area (TPSA) is 102 Å². The van der Waals surface area contributed by atoms with Crippen LogP contribution in [0.3, 0.4) is 0 Å². The molecule has 0 saturated heterocycles. The Balaban J connectivity index is -0.000000980. The predicted molar refractivity (Wildman–Crippen MR) is 78.5 cm³/mol. The van der Waals surface area contributed by atoms with Gasteiger partial charge in [0.05, 0.1) is 0 Å². The van der Waals surface area contributed by atoms with Crippen molar-refractivity contribution in [3.8, 4) is 0 Å². The van der Waals surface area contributed by atoms with Crippen LogP contribution >= 0.6 is 36.6 Å². The number of carbonyl (C=O) groups is 1. The van der Waals surface area contributed by atoms with Crippen molar-refractivity contribution in [2.24, 2.45) is 16.5 Å². The van der Waals surface area contributed by atoms with Crippen molar-refractivity contribution in [1.29, 1.82) is 0 Å². The summed E-state index contributed by atoms with van der Waals surface area (Å²) in [5.41, 5.74) is 10.9. The van der Waals surface area contributed by atoms with E-state index < -0.39 is 12.0 Å². The first-order valence-corrected chi connectivity index (χ1v) is 5.58. The summed E-state index contributed by atoms with van der Waals surface area (Å²) in [6.07, 6.45) is 2.79. The number of thioether (sulfide) groups is 1. The number of halogens is 2. The number of aliphatic carboxylic acids is 1. The number of hydrogen-bond acceptors (Lipinski definition) is 4. The molecule has 0 unspecified atom stereocenters. The monoisotopic (exact) mass is 303 g/mol. The third-order valence-electron chi connectivity index (χ3n) is 1.61. The summed E-state index contributed by atoms with van der Waals surface area (Å²) in [6, 6.07) is -0.803. The van der Waals surface area contributed by atoms with E-state index in [-0.39, 0.29) is 24.8 Å². The zero-order chi connectivity index (χ0) is 11.7. The Kier molecular flexibility index (Phi) is 17.5. The van der Waals surface area contributed by atoms with Crippen molar-refractivity contribution in [2.75, 3.05) is 12.3 Å². The molecule has 0 bridgehead atoms. The molecule has 5 nitrogen and oxygen atoms in total. The number of rotatable bonds is 7. The maximum atomic E-state index is 10.4. The summed E-state index contributed by atoms with van der Waals surface area (Å²) in [5, 5.41) is 9.00. The average Bonchev–Trinajstić information content (AvgIpc) is 2.20. The van der Waals surface area contributed by atoms with Crippen LogP contribution in [0.4, 0.5) is 0 Å². The highest BCUT2D eigenvalue weighted by Gasteiger charge is 2.09. The van der Waals surface area contributed by atoms with Crippen LogP contribution in [0.1, 0.15) is 12.8 Å². The quantitative estimate of drug-likeness (QED) is 0.284. The minimum absolute atomic E-state index is 0. The molecule has 102 valence electrons. The number of nitrogens with two attached hydrogens (primary N) is 2. The minimum atomic E-state index is -0.979. The lowest BCUT2D eigenvalue weighted by molar-refractivity contribution is -0.138. The molecule has 5 N–H and O–H groups in total. The molecule has 0 aromatic rings. The van der Waals surface area contributed by atoms with E-state index in [4.69, 9.17) is 16.6 Å². The molecule has 0 rings (SSSR count). The molecular formula is C9H19Cl2N3O2S. The highest BCUT2D eigenvalue weighted by molar-refractivity contribution is 8.13. The largest absolute Gasteiger partial charge is 0.480 e. The summed E-state index contributed by atoms with van der Waals surface area (Å²) < 4.78 is 0. The zero-order valence-electron chi connectivity index (χ0n) is 9.37. The second-order valence-electron chi connectivity index (χ2n) is 2.91. The number of amidine groups is 1. The van der Waals surface area contributed by atoms with E-state index in [1.165, 1.54) is 11.8 Å².